The van der Waals surface area contributed by atoms with Gasteiger partial charge < -0.3 is 15.0 Å². The average Bonchev–Trinajstić information content (AvgIpc) is 2.45. The molecule has 3 nitrogen and oxygen atoms in total. The fourth-order valence-electron chi connectivity index (χ4n) is 2.34. The van der Waals surface area contributed by atoms with Crippen molar-refractivity contribution in [3.05, 3.63) is 29.3 Å². The number of nitrogens with zero attached hydrogens (tertiary/aromatic N) is 1. The minimum Gasteiger partial charge on any atom is -0.496 e. The summed E-state index contributed by atoms with van der Waals surface area (Å²) in [7, 11) is 3.94. The molecule has 3 heteroatoms. The van der Waals surface area contributed by atoms with Crippen LogP contribution in [0.2, 0.25) is 0 Å². The molecule has 0 aliphatic rings. The van der Waals surface area contributed by atoms with Crippen molar-refractivity contribution in [2.45, 2.75) is 46.2 Å². The van der Waals surface area contributed by atoms with E-state index in [-0.39, 0.29) is 0 Å². The highest BCUT2D eigenvalue weighted by Gasteiger charge is 2.07. The van der Waals surface area contributed by atoms with Gasteiger partial charge in [0.1, 0.15) is 5.75 Å². The molecule has 1 aromatic rings. The lowest BCUT2D eigenvalue weighted by atomic mass is 10.1. The summed E-state index contributed by atoms with van der Waals surface area (Å²) in [5, 5.41) is 3.37. The number of ether oxygens (including phenoxy) is 1. The molecule has 114 valence electrons. The van der Waals surface area contributed by atoms with Crippen LogP contribution in [0.5, 0.6) is 5.75 Å². The van der Waals surface area contributed by atoms with E-state index < -0.39 is 0 Å². The van der Waals surface area contributed by atoms with Crippen molar-refractivity contribution in [2.24, 2.45) is 0 Å². The van der Waals surface area contributed by atoms with Gasteiger partial charge in [-0.3, -0.25) is 0 Å². The van der Waals surface area contributed by atoms with Gasteiger partial charge in [-0.25, -0.2) is 0 Å². The van der Waals surface area contributed by atoms with E-state index in [0.29, 0.717) is 0 Å². The van der Waals surface area contributed by atoms with Gasteiger partial charge in [0, 0.05) is 18.7 Å². The maximum Gasteiger partial charge on any atom is 0.123 e. The summed E-state index contributed by atoms with van der Waals surface area (Å²) in [5.41, 5.74) is 2.60. The molecule has 0 bridgehead atoms. The van der Waals surface area contributed by atoms with Crippen LogP contribution in [0.3, 0.4) is 0 Å². The van der Waals surface area contributed by atoms with Gasteiger partial charge >= 0.3 is 0 Å². The first-order valence-corrected chi connectivity index (χ1v) is 7.76. The molecule has 0 unspecified atom stereocenters. The van der Waals surface area contributed by atoms with Gasteiger partial charge in [0.05, 0.1) is 7.11 Å². The van der Waals surface area contributed by atoms with E-state index in [9.17, 15) is 0 Å². The van der Waals surface area contributed by atoms with Gasteiger partial charge in [-0.15, -0.1) is 0 Å². The van der Waals surface area contributed by atoms with Gasteiger partial charge in [-0.05, 0) is 44.3 Å². The molecule has 0 radical (unpaired) electrons. The van der Waals surface area contributed by atoms with Crippen molar-refractivity contribution in [1.29, 1.82) is 0 Å². The van der Waals surface area contributed by atoms with Crippen LogP contribution in [0, 0.1) is 0 Å². The molecule has 1 rings (SSSR count). The zero-order valence-electron chi connectivity index (χ0n) is 13.5. The topological polar surface area (TPSA) is 24.5 Å². The first-order chi connectivity index (χ1) is 9.71. The molecule has 1 N–H and O–H groups in total. The predicted octanol–water partition coefficient (Wildman–Crippen LogP) is 3.43. The molecule has 0 aromatic heterocycles. The van der Waals surface area contributed by atoms with Crippen molar-refractivity contribution in [2.75, 3.05) is 27.2 Å². The van der Waals surface area contributed by atoms with E-state index in [1.807, 2.05) is 0 Å². The molecule has 0 saturated carbocycles. The van der Waals surface area contributed by atoms with E-state index in [1.165, 1.54) is 30.4 Å². The number of rotatable bonds is 10. The van der Waals surface area contributed by atoms with Gasteiger partial charge in [-0.1, -0.05) is 32.8 Å². The summed E-state index contributed by atoms with van der Waals surface area (Å²) >= 11 is 0. The normalized spacial score (nSPS) is 11.1. The molecule has 0 aliphatic carbocycles. The molecular formula is C17H30N2O. The number of methoxy groups -OCH3 is 1. The zero-order valence-corrected chi connectivity index (χ0v) is 13.5. The SMILES string of the molecule is CCCCCN(C)Cc1cc(CNCC)ccc1OC. The van der Waals surface area contributed by atoms with Crippen LogP contribution in [0.1, 0.15) is 44.2 Å². The van der Waals surface area contributed by atoms with E-state index in [4.69, 9.17) is 4.74 Å². The van der Waals surface area contributed by atoms with E-state index >= 15 is 0 Å². The highest BCUT2D eigenvalue weighted by Crippen LogP contribution is 2.21. The Labute approximate surface area is 124 Å². The standard InChI is InChI=1S/C17H30N2O/c1-5-7-8-11-19(3)14-16-12-15(13-18-6-2)9-10-17(16)20-4/h9-10,12,18H,5-8,11,13-14H2,1-4H3. The summed E-state index contributed by atoms with van der Waals surface area (Å²) in [4.78, 5) is 2.38. The maximum atomic E-state index is 5.48. The Balaban J connectivity index is 2.64. The molecular weight excluding hydrogens is 248 g/mol. The Hall–Kier alpha value is -1.06. The summed E-state index contributed by atoms with van der Waals surface area (Å²) in [6.07, 6.45) is 3.85. The van der Waals surface area contributed by atoms with Crippen LogP contribution < -0.4 is 10.1 Å². The quantitative estimate of drug-likeness (QED) is 0.664. The third-order valence-corrected chi connectivity index (χ3v) is 3.51. The fourth-order valence-corrected chi connectivity index (χ4v) is 2.34. The van der Waals surface area contributed by atoms with Crippen LogP contribution in [-0.2, 0) is 13.1 Å². The Morgan fingerprint density at radius 2 is 2.00 bits per heavy atom. The van der Waals surface area contributed by atoms with Gasteiger partial charge in [0.2, 0.25) is 0 Å². The average molecular weight is 278 g/mol. The second kappa shape index (κ2) is 9.78. The Morgan fingerprint density at radius 3 is 2.65 bits per heavy atom. The fraction of sp³-hybridized carbons (Fsp3) is 0.647. The molecule has 0 amide bonds. The zero-order chi connectivity index (χ0) is 14.8. The van der Waals surface area contributed by atoms with Gasteiger partial charge in [0.25, 0.3) is 0 Å². The lowest BCUT2D eigenvalue weighted by Crippen LogP contribution is -2.20. The highest BCUT2D eigenvalue weighted by atomic mass is 16.5. The summed E-state index contributed by atoms with van der Waals surface area (Å²) in [6.45, 7) is 8.39. The Bertz CT molecular complexity index is 379. The third kappa shape index (κ3) is 5.93. The van der Waals surface area contributed by atoms with Crippen molar-refractivity contribution in [3.8, 4) is 5.75 Å². The van der Waals surface area contributed by atoms with Gasteiger partial charge in [0.15, 0.2) is 0 Å². The van der Waals surface area contributed by atoms with E-state index in [0.717, 1.165) is 31.9 Å². The second-order valence-corrected chi connectivity index (χ2v) is 5.37. The lowest BCUT2D eigenvalue weighted by molar-refractivity contribution is 0.309. The minimum atomic E-state index is 0.924. The number of benzene rings is 1. The molecule has 0 aliphatic heterocycles. The summed E-state index contributed by atoms with van der Waals surface area (Å²) in [6, 6.07) is 6.49. The monoisotopic (exact) mass is 278 g/mol. The maximum absolute atomic E-state index is 5.48. The van der Waals surface area contributed by atoms with Crippen LogP contribution in [0.4, 0.5) is 0 Å². The first kappa shape index (κ1) is 17.0. The lowest BCUT2D eigenvalue weighted by Gasteiger charge is -2.19. The van der Waals surface area contributed by atoms with Gasteiger partial charge in [-0.2, -0.15) is 0 Å². The molecule has 1 aromatic carbocycles. The van der Waals surface area contributed by atoms with Crippen molar-refractivity contribution in [3.63, 3.8) is 0 Å². The molecule has 0 heterocycles. The van der Waals surface area contributed by atoms with Crippen molar-refractivity contribution >= 4 is 0 Å². The first-order valence-electron chi connectivity index (χ1n) is 7.76. The second-order valence-electron chi connectivity index (χ2n) is 5.37. The molecule has 0 spiro atoms. The van der Waals surface area contributed by atoms with Crippen molar-refractivity contribution in [1.82, 2.24) is 10.2 Å². The predicted molar refractivity (Wildman–Crippen MR) is 86.2 cm³/mol. The van der Waals surface area contributed by atoms with Crippen LogP contribution >= 0.6 is 0 Å². The van der Waals surface area contributed by atoms with Crippen LogP contribution in [-0.4, -0.2) is 32.1 Å². The number of hydrogen-bond acceptors (Lipinski definition) is 3. The van der Waals surface area contributed by atoms with Crippen molar-refractivity contribution < 1.29 is 4.74 Å². The summed E-state index contributed by atoms with van der Waals surface area (Å²) < 4.78 is 5.48. The Kier molecular flexibility index (Phi) is 8.31. The highest BCUT2D eigenvalue weighted by molar-refractivity contribution is 5.37. The summed E-state index contributed by atoms with van der Waals surface area (Å²) in [5.74, 6) is 0.993. The molecule has 0 saturated heterocycles. The molecule has 20 heavy (non-hydrogen) atoms. The molecule has 0 fully saturated rings. The number of unbranched alkanes of at least 4 members (excludes halogenated alkanes) is 2. The Morgan fingerprint density at radius 1 is 1.20 bits per heavy atom. The smallest absolute Gasteiger partial charge is 0.123 e. The minimum absolute atomic E-state index is 0.924. The van der Waals surface area contributed by atoms with Crippen LogP contribution in [0.25, 0.3) is 0 Å². The largest absolute Gasteiger partial charge is 0.496 e. The van der Waals surface area contributed by atoms with Crippen LogP contribution in [0.15, 0.2) is 18.2 Å². The third-order valence-electron chi connectivity index (χ3n) is 3.51. The number of nitrogens with one attached hydrogen (secondary N) is 1. The van der Waals surface area contributed by atoms with E-state index in [2.05, 4.69) is 49.3 Å². The molecule has 0 atom stereocenters. The number of hydrogen-bond donors (Lipinski definition) is 1. The van der Waals surface area contributed by atoms with E-state index in [1.54, 1.807) is 7.11 Å².